The lowest BCUT2D eigenvalue weighted by Crippen LogP contribution is -2.44. The number of rotatable bonds is 3. The molecule has 1 N–H and O–H groups in total. The van der Waals surface area contributed by atoms with Crippen molar-refractivity contribution in [3.05, 3.63) is 47.6 Å². The zero-order valence-electron chi connectivity index (χ0n) is 15.4. The molecule has 27 heavy (non-hydrogen) atoms. The summed E-state index contributed by atoms with van der Waals surface area (Å²) in [7, 11) is 3.67. The van der Waals surface area contributed by atoms with Crippen LogP contribution in [0.3, 0.4) is 0 Å². The minimum Gasteiger partial charge on any atom is -0.503 e. The number of phenols is 1. The number of methoxy groups -OCH3 is 1. The summed E-state index contributed by atoms with van der Waals surface area (Å²) >= 11 is 6.18. The summed E-state index contributed by atoms with van der Waals surface area (Å²) < 4.78 is 5.24. The summed E-state index contributed by atoms with van der Waals surface area (Å²) in [6.07, 6.45) is 1.87. The zero-order valence-corrected chi connectivity index (χ0v) is 16.2. The summed E-state index contributed by atoms with van der Waals surface area (Å²) in [5.41, 5.74) is 4.06. The fourth-order valence-corrected chi connectivity index (χ4v) is 3.74. The first-order valence-corrected chi connectivity index (χ1v) is 9.34. The Morgan fingerprint density at radius 3 is 2.56 bits per heavy atom. The predicted octanol–water partition coefficient (Wildman–Crippen LogP) is 4.02. The Morgan fingerprint density at radius 1 is 1.04 bits per heavy atom. The standard InChI is InChI=1S/C21H22ClN3O2/c1-24-7-9-25(10-8-24)19-5-6-23-18-4-3-14(11-16(18)19)15-12-17(22)21(26)20(13-15)27-2/h3-6,11-13,26H,7-10H2,1-2H3. The lowest BCUT2D eigenvalue weighted by Gasteiger charge is -2.34. The highest BCUT2D eigenvalue weighted by Gasteiger charge is 2.17. The van der Waals surface area contributed by atoms with Gasteiger partial charge in [0.05, 0.1) is 17.6 Å². The van der Waals surface area contributed by atoms with E-state index >= 15 is 0 Å². The lowest BCUT2D eigenvalue weighted by molar-refractivity contribution is 0.313. The molecule has 3 aromatic rings. The molecular weight excluding hydrogens is 362 g/mol. The summed E-state index contributed by atoms with van der Waals surface area (Å²) in [6.45, 7) is 4.10. The van der Waals surface area contributed by atoms with E-state index in [1.165, 1.54) is 12.8 Å². The van der Waals surface area contributed by atoms with Crippen LogP contribution < -0.4 is 9.64 Å². The van der Waals surface area contributed by atoms with Gasteiger partial charge in [0.15, 0.2) is 11.5 Å². The van der Waals surface area contributed by atoms with Crippen LogP contribution in [0.15, 0.2) is 42.6 Å². The zero-order chi connectivity index (χ0) is 19.0. The van der Waals surface area contributed by atoms with Crippen LogP contribution in [-0.4, -0.2) is 55.3 Å². The van der Waals surface area contributed by atoms with Crippen LogP contribution in [0.5, 0.6) is 11.5 Å². The molecule has 1 fully saturated rings. The molecule has 0 unspecified atom stereocenters. The number of halogens is 1. The third-order valence-corrected chi connectivity index (χ3v) is 5.43. The van der Waals surface area contributed by atoms with Crippen molar-refractivity contribution < 1.29 is 9.84 Å². The van der Waals surface area contributed by atoms with Gasteiger partial charge in [-0.05, 0) is 48.5 Å². The number of fused-ring (bicyclic) bond motifs is 1. The first kappa shape index (κ1) is 17.9. The van der Waals surface area contributed by atoms with Crippen molar-refractivity contribution in [1.29, 1.82) is 0 Å². The van der Waals surface area contributed by atoms with Gasteiger partial charge < -0.3 is 19.6 Å². The highest BCUT2D eigenvalue weighted by Crippen LogP contribution is 2.39. The van der Waals surface area contributed by atoms with E-state index < -0.39 is 0 Å². The Kier molecular flexibility index (Phi) is 4.81. The molecule has 4 rings (SSSR count). The molecule has 5 nitrogen and oxygen atoms in total. The van der Waals surface area contributed by atoms with E-state index in [4.69, 9.17) is 16.3 Å². The Hall–Kier alpha value is -2.50. The molecule has 1 aromatic heterocycles. The summed E-state index contributed by atoms with van der Waals surface area (Å²) in [4.78, 5) is 9.28. The number of nitrogens with zero attached hydrogens (tertiary/aromatic N) is 3. The average Bonchev–Trinajstić information content (AvgIpc) is 2.70. The summed E-state index contributed by atoms with van der Waals surface area (Å²) in [5.74, 6) is 0.326. The van der Waals surface area contributed by atoms with Crippen molar-refractivity contribution in [2.24, 2.45) is 0 Å². The van der Waals surface area contributed by atoms with Crippen LogP contribution in [0.1, 0.15) is 0 Å². The van der Waals surface area contributed by atoms with Gasteiger partial charge in [0, 0.05) is 43.4 Å². The minimum atomic E-state index is -0.0384. The number of benzene rings is 2. The molecule has 6 heteroatoms. The minimum absolute atomic E-state index is 0.0384. The topological polar surface area (TPSA) is 48.8 Å². The van der Waals surface area contributed by atoms with Crippen molar-refractivity contribution in [2.75, 3.05) is 45.2 Å². The van der Waals surface area contributed by atoms with Crippen LogP contribution in [0, 0.1) is 0 Å². The predicted molar refractivity (Wildman–Crippen MR) is 110 cm³/mol. The number of aromatic hydroxyl groups is 1. The second kappa shape index (κ2) is 7.25. The van der Waals surface area contributed by atoms with Crippen molar-refractivity contribution >= 4 is 28.2 Å². The number of hydrogen-bond acceptors (Lipinski definition) is 5. The van der Waals surface area contributed by atoms with E-state index in [1.807, 2.05) is 18.3 Å². The fraction of sp³-hybridized carbons (Fsp3) is 0.286. The molecule has 1 saturated heterocycles. The Bertz CT molecular complexity index is 985. The van der Waals surface area contributed by atoms with Crippen LogP contribution in [-0.2, 0) is 0 Å². The summed E-state index contributed by atoms with van der Waals surface area (Å²) in [5, 5.41) is 11.4. The molecule has 0 atom stereocenters. The largest absolute Gasteiger partial charge is 0.503 e. The third kappa shape index (κ3) is 3.40. The maximum atomic E-state index is 10.00. The van der Waals surface area contributed by atoms with Crippen molar-refractivity contribution in [3.63, 3.8) is 0 Å². The van der Waals surface area contributed by atoms with Gasteiger partial charge in [-0.15, -0.1) is 0 Å². The Balaban J connectivity index is 1.80. The molecule has 0 bridgehead atoms. The SMILES string of the molecule is COc1cc(-c2ccc3nccc(N4CCN(C)CC4)c3c2)cc(Cl)c1O. The number of pyridine rings is 1. The Labute approximate surface area is 163 Å². The Morgan fingerprint density at radius 2 is 1.81 bits per heavy atom. The van der Waals surface area contributed by atoms with Crippen LogP contribution >= 0.6 is 11.6 Å². The first-order valence-electron chi connectivity index (χ1n) is 8.96. The summed E-state index contributed by atoms with van der Waals surface area (Å²) in [6, 6.07) is 11.8. The van der Waals surface area contributed by atoms with Gasteiger partial charge in [-0.3, -0.25) is 4.98 Å². The second-order valence-corrected chi connectivity index (χ2v) is 7.27. The van der Waals surface area contributed by atoms with E-state index in [0.29, 0.717) is 5.75 Å². The molecule has 2 aromatic carbocycles. The van der Waals surface area contributed by atoms with Gasteiger partial charge in [0.25, 0.3) is 0 Å². The maximum Gasteiger partial charge on any atom is 0.176 e. The number of anilines is 1. The monoisotopic (exact) mass is 383 g/mol. The van der Waals surface area contributed by atoms with E-state index in [-0.39, 0.29) is 10.8 Å². The maximum absolute atomic E-state index is 10.00. The average molecular weight is 384 g/mol. The van der Waals surface area contributed by atoms with E-state index in [0.717, 1.165) is 48.2 Å². The molecule has 1 aliphatic rings. The molecular formula is C21H22ClN3O2. The molecule has 2 heterocycles. The highest BCUT2D eigenvalue weighted by atomic mass is 35.5. The van der Waals surface area contributed by atoms with E-state index in [2.05, 4.69) is 34.0 Å². The highest BCUT2D eigenvalue weighted by molar-refractivity contribution is 6.32. The van der Waals surface area contributed by atoms with Gasteiger partial charge in [-0.2, -0.15) is 0 Å². The molecule has 1 aliphatic heterocycles. The molecule has 0 amide bonds. The fourth-order valence-electron chi connectivity index (χ4n) is 3.53. The molecule has 140 valence electrons. The lowest BCUT2D eigenvalue weighted by atomic mass is 10.0. The van der Waals surface area contributed by atoms with Gasteiger partial charge in [-0.1, -0.05) is 17.7 Å². The number of piperazine rings is 1. The first-order chi connectivity index (χ1) is 13.1. The van der Waals surface area contributed by atoms with Crippen LogP contribution in [0.25, 0.3) is 22.0 Å². The number of aromatic nitrogens is 1. The van der Waals surface area contributed by atoms with Crippen LogP contribution in [0.4, 0.5) is 5.69 Å². The van der Waals surface area contributed by atoms with Gasteiger partial charge >= 0.3 is 0 Å². The number of phenolic OH excluding ortho intramolecular Hbond substituents is 1. The number of hydrogen-bond donors (Lipinski definition) is 1. The molecule has 0 aliphatic carbocycles. The van der Waals surface area contributed by atoms with Crippen molar-refractivity contribution in [3.8, 4) is 22.6 Å². The number of likely N-dealkylation sites (N-methyl/N-ethyl adjacent to an activating group) is 1. The molecule has 0 radical (unpaired) electrons. The van der Waals surface area contributed by atoms with E-state index in [9.17, 15) is 5.11 Å². The van der Waals surface area contributed by atoms with Crippen LogP contribution in [0.2, 0.25) is 5.02 Å². The smallest absolute Gasteiger partial charge is 0.176 e. The van der Waals surface area contributed by atoms with E-state index in [1.54, 1.807) is 12.1 Å². The van der Waals surface area contributed by atoms with Gasteiger partial charge in [0.2, 0.25) is 0 Å². The van der Waals surface area contributed by atoms with Crippen molar-refractivity contribution in [1.82, 2.24) is 9.88 Å². The van der Waals surface area contributed by atoms with Gasteiger partial charge in [-0.25, -0.2) is 0 Å². The normalized spacial score (nSPS) is 15.3. The number of ether oxygens (including phenoxy) is 1. The molecule has 0 saturated carbocycles. The second-order valence-electron chi connectivity index (χ2n) is 6.86. The third-order valence-electron chi connectivity index (χ3n) is 5.14. The quantitative estimate of drug-likeness (QED) is 0.740. The molecule has 0 spiro atoms. The van der Waals surface area contributed by atoms with Crippen molar-refractivity contribution in [2.45, 2.75) is 0 Å². The van der Waals surface area contributed by atoms with Gasteiger partial charge in [0.1, 0.15) is 0 Å².